The van der Waals surface area contributed by atoms with Gasteiger partial charge in [0.25, 0.3) is 0 Å². The molecule has 0 saturated carbocycles. The highest BCUT2D eigenvalue weighted by atomic mass is 32.2. The molecular weight excluding hydrogens is 240 g/mol. The third-order valence-electron chi connectivity index (χ3n) is 3.46. The van der Waals surface area contributed by atoms with Gasteiger partial charge in [-0.25, -0.2) is 8.42 Å². The zero-order valence-corrected chi connectivity index (χ0v) is 10.8. The zero-order valence-electron chi connectivity index (χ0n) is 9.94. The maximum absolute atomic E-state index is 11.7. The average Bonchev–Trinajstić information content (AvgIpc) is 2.59. The predicted octanol–water partition coefficient (Wildman–Crippen LogP) is -0.321. The monoisotopic (exact) mass is 260 g/mol. The van der Waals surface area contributed by atoms with Crippen molar-refractivity contribution in [2.24, 2.45) is 5.92 Å². The Labute approximate surface area is 102 Å². The van der Waals surface area contributed by atoms with E-state index in [1.165, 1.54) is 0 Å². The zero-order chi connectivity index (χ0) is 12.3. The van der Waals surface area contributed by atoms with Crippen molar-refractivity contribution in [3.05, 3.63) is 0 Å². The maximum Gasteiger partial charge on any atom is 0.220 e. The van der Waals surface area contributed by atoms with E-state index in [0.717, 1.165) is 25.9 Å². The Morgan fingerprint density at radius 2 is 2.18 bits per heavy atom. The number of carbonyl (C=O) groups excluding carboxylic acids is 1. The number of sulfone groups is 1. The lowest BCUT2D eigenvalue weighted by Crippen LogP contribution is -2.46. The number of piperidine rings is 1. The summed E-state index contributed by atoms with van der Waals surface area (Å²) in [4.78, 5) is 11.7. The highest BCUT2D eigenvalue weighted by Gasteiger charge is 2.29. The molecule has 0 aliphatic carbocycles. The lowest BCUT2D eigenvalue weighted by Gasteiger charge is -2.24. The fraction of sp³-hybridized carbons (Fsp3) is 0.909. The lowest BCUT2D eigenvalue weighted by atomic mass is 10.0. The summed E-state index contributed by atoms with van der Waals surface area (Å²) in [5.74, 6) is 0.455. The first-order valence-electron chi connectivity index (χ1n) is 6.26. The highest BCUT2D eigenvalue weighted by molar-refractivity contribution is 7.91. The summed E-state index contributed by atoms with van der Waals surface area (Å²) in [6.45, 7) is 1.85. The molecule has 17 heavy (non-hydrogen) atoms. The summed E-state index contributed by atoms with van der Waals surface area (Å²) in [7, 11) is -2.87. The Morgan fingerprint density at radius 3 is 2.76 bits per heavy atom. The number of rotatable bonds is 3. The van der Waals surface area contributed by atoms with Crippen LogP contribution in [0, 0.1) is 5.92 Å². The van der Waals surface area contributed by atoms with Gasteiger partial charge in [0, 0.05) is 19.0 Å². The van der Waals surface area contributed by atoms with Crippen LogP contribution < -0.4 is 10.6 Å². The average molecular weight is 260 g/mol. The van der Waals surface area contributed by atoms with E-state index in [-0.39, 0.29) is 29.4 Å². The van der Waals surface area contributed by atoms with E-state index in [0.29, 0.717) is 12.8 Å². The molecule has 2 aliphatic rings. The van der Waals surface area contributed by atoms with Crippen molar-refractivity contribution >= 4 is 15.7 Å². The van der Waals surface area contributed by atoms with Gasteiger partial charge in [-0.3, -0.25) is 4.79 Å². The van der Waals surface area contributed by atoms with Crippen LogP contribution in [0.3, 0.4) is 0 Å². The van der Waals surface area contributed by atoms with E-state index in [1.807, 2.05) is 0 Å². The van der Waals surface area contributed by atoms with Gasteiger partial charge in [-0.05, 0) is 31.7 Å². The Balaban J connectivity index is 1.74. The molecule has 1 amide bonds. The molecule has 6 heteroatoms. The van der Waals surface area contributed by atoms with Gasteiger partial charge in [0.2, 0.25) is 5.91 Å². The molecule has 2 aliphatic heterocycles. The van der Waals surface area contributed by atoms with E-state index in [9.17, 15) is 13.2 Å². The van der Waals surface area contributed by atoms with E-state index < -0.39 is 9.84 Å². The number of nitrogens with one attached hydrogen (secondary N) is 2. The van der Waals surface area contributed by atoms with Crippen molar-refractivity contribution in [2.45, 2.75) is 31.7 Å². The van der Waals surface area contributed by atoms with Gasteiger partial charge in [-0.1, -0.05) is 0 Å². The van der Waals surface area contributed by atoms with Crippen molar-refractivity contribution in [3.8, 4) is 0 Å². The van der Waals surface area contributed by atoms with Crippen molar-refractivity contribution in [3.63, 3.8) is 0 Å². The van der Waals surface area contributed by atoms with E-state index in [4.69, 9.17) is 0 Å². The SMILES string of the molecule is O=C(CC1CCS(=O)(=O)C1)NC1CCCNC1. The van der Waals surface area contributed by atoms with Crippen LogP contribution in [0.4, 0.5) is 0 Å². The molecule has 0 radical (unpaired) electrons. The predicted molar refractivity (Wildman–Crippen MR) is 65.4 cm³/mol. The second-order valence-corrected chi connectivity index (χ2v) is 7.31. The molecule has 2 unspecified atom stereocenters. The minimum Gasteiger partial charge on any atom is -0.352 e. The quantitative estimate of drug-likeness (QED) is 0.729. The first kappa shape index (κ1) is 12.8. The fourth-order valence-corrected chi connectivity index (χ4v) is 4.42. The number of hydrogen-bond acceptors (Lipinski definition) is 4. The third kappa shape index (κ3) is 3.96. The van der Waals surface area contributed by atoms with E-state index in [2.05, 4.69) is 10.6 Å². The van der Waals surface area contributed by atoms with Gasteiger partial charge >= 0.3 is 0 Å². The van der Waals surface area contributed by atoms with Crippen LogP contribution in [-0.2, 0) is 14.6 Å². The molecule has 2 heterocycles. The number of amides is 1. The van der Waals surface area contributed by atoms with E-state index >= 15 is 0 Å². The van der Waals surface area contributed by atoms with Gasteiger partial charge in [0.1, 0.15) is 0 Å². The highest BCUT2D eigenvalue weighted by Crippen LogP contribution is 2.21. The summed E-state index contributed by atoms with van der Waals surface area (Å²) in [6, 6.07) is 0.217. The third-order valence-corrected chi connectivity index (χ3v) is 5.30. The van der Waals surface area contributed by atoms with Crippen molar-refractivity contribution in [2.75, 3.05) is 24.6 Å². The second kappa shape index (κ2) is 5.35. The number of hydrogen-bond donors (Lipinski definition) is 2. The maximum atomic E-state index is 11.7. The molecule has 0 aromatic carbocycles. The minimum absolute atomic E-state index is 0.000741. The van der Waals surface area contributed by atoms with Crippen LogP contribution in [0.15, 0.2) is 0 Å². The molecule has 2 saturated heterocycles. The molecule has 0 spiro atoms. The number of carbonyl (C=O) groups is 1. The van der Waals surface area contributed by atoms with Crippen molar-refractivity contribution in [1.29, 1.82) is 0 Å². The van der Waals surface area contributed by atoms with Crippen molar-refractivity contribution < 1.29 is 13.2 Å². The van der Waals surface area contributed by atoms with Crippen LogP contribution in [-0.4, -0.2) is 45.0 Å². The van der Waals surface area contributed by atoms with Crippen molar-refractivity contribution in [1.82, 2.24) is 10.6 Å². The van der Waals surface area contributed by atoms with Crippen LogP contribution in [0.5, 0.6) is 0 Å². The first-order valence-corrected chi connectivity index (χ1v) is 8.08. The molecular formula is C11H20N2O3S. The van der Waals surface area contributed by atoms with Gasteiger partial charge in [0.15, 0.2) is 9.84 Å². The second-order valence-electron chi connectivity index (χ2n) is 5.08. The molecule has 2 rings (SSSR count). The molecule has 0 aromatic heterocycles. The fourth-order valence-electron chi connectivity index (χ4n) is 2.56. The summed E-state index contributed by atoms with van der Waals surface area (Å²) in [6.07, 6.45) is 3.10. The molecule has 5 nitrogen and oxygen atoms in total. The smallest absolute Gasteiger partial charge is 0.220 e. The topological polar surface area (TPSA) is 75.3 Å². The Kier molecular flexibility index (Phi) is 4.04. The Hall–Kier alpha value is -0.620. The van der Waals surface area contributed by atoms with Gasteiger partial charge in [0.05, 0.1) is 11.5 Å². The minimum atomic E-state index is -2.87. The van der Waals surface area contributed by atoms with Gasteiger partial charge in [-0.2, -0.15) is 0 Å². The molecule has 2 N–H and O–H groups in total. The van der Waals surface area contributed by atoms with E-state index in [1.54, 1.807) is 0 Å². The molecule has 2 atom stereocenters. The van der Waals surface area contributed by atoms with Gasteiger partial charge in [-0.15, -0.1) is 0 Å². The normalized spacial score (nSPS) is 32.2. The summed E-state index contributed by atoms with van der Waals surface area (Å²) >= 11 is 0. The summed E-state index contributed by atoms with van der Waals surface area (Å²) < 4.78 is 22.5. The van der Waals surface area contributed by atoms with Gasteiger partial charge < -0.3 is 10.6 Å². The first-order chi connectivity index (χ1) is 8.05. The Bertz CT molecular complexity index is 374. The van der Waals surface area contributed by atoms with Crippen LogP contribution >= 0.6 is 0 Å². The van der Waals surface area contributed by atoms with Crippen LogP contribution in [0.1, 0.15) is 25.7 Å². The largest absolute Gasteiger partial charge is 0.352 e. The molecule has 98 valence electrons. The summed E-state index contributed by atoms with van der Waals surface area (Å²) in [5, 5.41) is 6.21. The standard InChI is InChI=1S/C11H20N2O3S/c14-11(13-10-2-1-4-12-7-10)6-9-3-5-17(15,16)8-9/h9-10,12H,1-8H2,(H,13,14). The summed E-state index contributed by atoms with van der Waals surface area (Å²) in [5.41, 5.74) is 0. The van der Waals surface area contributed by atoms with Crippen LogP contribution in [0.25, 0.3) is 0 Å². The van der Waals surface area contributed by atoms with Crippen LogP contribution in [0.2, 0.25) is 0 Å². The molecule has 2 fully saturated rings. The molecule has 0 bridgehead atoms. The molecule has 0 aromatic rings. The Morgan fingerprint density at radius 1 is 1.35 bits per heavy atom. The lowest BCUT2D eigenvalue weighted by molar-refractivity contribution is -0.122.